The first-order valence-corrected chi connectivity index (χ1v) is 11.6. The molecule has 3 heterocycles. The average Bonchev–Trinajstić information content (AvgIpc) is 3.53. The van der Waals surface area contributed by atoms with Crippen molar-refractivity contribution < 1.29 is 14.2 Å². The maximum Gasteiger partial charge on any atom is 0.174 e. The van der Waals surface area contributed by atoms with E-state index in [2.05, 4.69) is 31.9 Å². The van der Waals surface area contributed by atoms with Crippen LogP contribution < -0.4 is 24.4 Å². The highest BCUT2D eigenvalue weighted by Gasteiger charge is 2.43. The second-order valence-electron chi connectivity index (χ2n) is 8.04. The summed E-state index contributed by atoms with van der Waals surface area (Å²) >= 11 is 5.89. The van der Waals surface area contributed by atoms with E-state index in [1.54, 1.807) is 27.5 Å². The highest BCUT2D eigenvalue weighted by molar-refractivity contribution is 7.80. The van der Waals surface area contributed by atoms with Gasteiger partial charge in [-0.25, -0.2) is 0 Å². The van der Waals surface area contributed by atoms with Gasteiger partial charge < -0.3 is 29.0 Å². The smallest absolute Gasteiger partial charge is 0.174 e. The molecule has 8 heteroatoms. The van der Waals surface area contributed by atoms with E-state index in [0.29, 0.717) is 16.6 Å². The molecular formula is C27H26N4O3S. The van der Waals surface area contributed by atoms with E-state index >= 15 is 0 Å². The molecule has 1 aliphatic heterocycles. The molecule has 0 bridgehead atoms. The van der Waals surface area contributed by atoms with Crippen LogP contribution in [0.3, 0.4) is 0 Å². The van der Waals surface area contributed by atoms with Crippen LogP contribution in [0.5, 0.6) is 17.2 Å². The van der Waals surface area contributed by atoms with Crippen molar-refractivity contribution in [1.82, 2.24) is 14.9 Å². The highest BCUT2D eigenvalue weighted by atomic mass is 32.1. The molecule has 1 aliphatic rings. The number of aromatic nitrogens is 2. The number of pyridine rings is 1. The first kappa shape index (κ1) is 22.7. The van der Waals surface area contributed by atoms with E-state index in [9.17, 15) is 0 Å². The second kappa shape index (κ2) is 9.68. The number of benzene rings is 2. The number of hydrogen-bond donors (Lipinski definition) is 1. The van der Waals surface area contributed by atoms with Crippen molar-refractivity contribution in [3.05, 3.63) is 96.6 Å². The zero-order chi connectivity index (χ0) is 24.4. The van der Waals surface area contributed by atoms with Crippen LogP contribution in [0, 0.1) is 0 Å². The van der Waals surface area contributed by atoms with Gasteiger partial charge in [0.1, 0.15) is 23.3 Å². The molecule has 5 rings (SSSR count). The second-order valence-corrected chi connectivity index (χ2v) is 8.43. The summed E-state index contributed by atoms with van der Waals surface area (Å²) in [5.41, 5.74) is 3.77. The minimum Gasteiger partial charge on any atom is -0.497 e. The number of anilines is 1. The summed E-state index contributed by atoms with van der Waals surface area (Å²) in [6, 6.07) is 23.4. The van der Waals surface area contributed by atoms with Gasteiger partial charge in [-0.2, -0.15) is 0 Å². The molecule has 0 radical (unpaired) electrons. The number of rotatable bonds is 7. The number of methoxy groups -OCH3 is 3. The van der Waals surface area contributed by atoms with Crippen LogP contribution in [0.15, 0.2) is 85.2 Å². The Balaban J connectivity index is 1.68. The SMILES string of the molecule is COc1cccc(-n2cccc2[C@H]2[C@H](c3ccccn3)NC(=S)N2c2ccc(OC)cc2OC)c1. The Bertz CT molecular complexity index is 1340. The van der Waals surface area contributed by atoms with Gasteiger partial charge >= 0.3 is 0 Å². The molecule has 2 aromatic heterocycles. The number of nitrogens with zero attached hydrogens (tertiary/aromatic N) is 3. The Kier molecular flexibility index (Phi) is 6.29. The third-order valence-electron chi connectivity index (χ3n) is 6.16. The molecule has 0 saturated carbocycles. The fourth-order valence-electron chi connectivity index (χ4n) is 4.53. The van der Waals surface area contributed by atoms with Gasteiger partial charge in [-0.15, -0.1) is 0 Å². The lowest BCUT2D eigenvalue weighted by Crippen LogP contribution is -2.30. The van der Waals surface area contributed by atoms with Crippen LogP contribution in [0.4, 0.5) is 5.69 Å². The monoisotopic (exact) mass is 486 g/mol. The van der Waals surface area contributed by atoms with Crippen LogP contribution in [0.1, 0.15) is 23.5 Å². The van der Waals surface area contributed by atoms with Crippen molar-refractivity contribution in [1.29, 1.82) is 0 Å². The van der Waals surface area contributed by atoms with Crippen molar-refractivity contribution in [2.24, 2.45) is 0 Å². The van der Waals surface area contributed by atoms with Crippen molar-refractivity contribution in [2.75, 3.05) is 26.2 Å². The molecule has 178 valence electrons. The molecule has 1 fully saturated rings. The Labute approximate surface area is 209 Å². The molecule has 4 aromatic rings. The van der Waals surface area contributed by atoms with Gasteiger partial charge in [0.2, 0.25) is 0 Å². The molecule has 2 aromatic carbocycles. The van der Waals surface area contributed by atoms with E-state index in [4.69, 9.17) is 26.4 Å². The Morgan fingerprint density at radius 1 is 0.857 bits per heavy atom. The summed E-state index contributed by atoms with van der Waals surface area (Å²) in [4.78, 5) is 6.75. The van der Waals surface area contributed by atoms with Crippen LogP contribution in [-0.4, -0.2) is 36.0 Å². The number of hydrogen-bond acceptors (Lipinski definition) is 5. The number of thiocarbonyl (C=S) groups is 1. The highest BCUT2D eigenvalue weighted by Crippen LogP contribution is 2.45. The third kappa shape index (κ3) is 4.17. The Morgan fingerprint density at radius 3 is 2.43 bits per heavy atom. The van der Waals surface area contributed by atoms with Gasteiger partial charge in [0, 0.05) is 35.9 Å². The molecule has 1 saturated heterocycles. The summed E-state index contributed by atoms with van der Waals surface area (Å²) < 4.78 is 18.8. The maximum absolute atomic E-state index is 5.89. The van der Waals surface area contributed by atoms with Gasteiger partial charge in [0.25, 0.3) is 0 Å². The third-order valence-corrected chi connectivity index (χ3v) is 6.47. The molecular weight excluding hydrogens is 460 g/mol. The minimum atomic E-state index is -0.208. The molecule has 0 amide bonds. The topological polar surface area (TPSA) is 60.8 Å². The van der Waals surface area contributed by atoms with Gasteiger partial charge in [0.15, 0.2) is 5.11 Å². The van der Waals surface area contributed by atoms with E-state index in [1.165, 1.54) is 0 Å². The fourth-order valence-corrected chi connectivity index (χ4v) is 4.87. The average molecular weight is 487 g/mol. The molecule has 0 unspecified atom stereocenters. The predicted octanol–water partition coefficient (Wildman–Crippen LogP) is 5.08. The van der Waals surface area contributed by atoms with E-state index in [1.807, 2.05) is 66.9 Å². The maximum atomic E-state index is 5.89. The first-order valence-electron chi connectivity index (χ1n) is 11.2. The van der Waals surface area contributed by atoms with Crippen LogP contribution >= 0.6 is 12.2 Å². The summed E-state index contributed by atoms with van der Waals surface area (Å²) in [6.45, 7) is 0. The Hall–Kier alpha value is -4.04. The molecule has 35 heavy (non-hydrogen) atoms. The molecule has 1 N–H and O–H groups in total. The summed E-state index contributed by atoms with van der Waals surface area (Å²) in [7, 11) is 4.95. The largest absolute Gasteiger partial charge is 0.497 e. The van der Waals surface area contributed by atoms with Crippen LogP contribution in [-0.2, 0) is 0 Å². The lowest BCUT2D eigenvalue weighted by Gasteiger charge is -2.30. The van der Waals surface area contributed by atoms with Crippen molar-refractivity contribution in [3.8, 4) is 22.9 Å². The lowest BCUT2D eigenvalue weighted by atomic mass is 10.0. The summed E-state index contributed by atoms with van der Waals surface area (Å²) in [5.74, 6) is 2.16. The lowest BCUT2D eigenvalue weighted by molar-refractivity contribution is 0.394. The van der Waals surface area contributed by atoms with Crippen molar-refractivity contribution >= 4 is 23.0 Å². The zero-order valence-corrected chi connectivity index (χ0v) is 20.5. The van der Waals surface area contributed by atoms with Crippen molar-refractivity contribution in [3.63, 3.8) is 0 Å². The van der Waals surface area contributed by atoms with Crippen LogP contribution in [0.25, 0.3) is 5.69 Å². The van der Waals surface area contributed by atoms with Gasteiger partial charge in [0.05, 0.1) is 38.8 Å². The minimum absolute atomic E-state index is 0.185. The van der Waals surface area contributed by atoms with Crippen molar-refractivity contribution in [2.45, 2.75) is 12.1 Å². The molecule has 0 spiro atoms. The quantitative estimate of drug-likeness (QED) is 0.366. The summed E-state index contributed by atoms with van der Waals surface area (Å²) in [5, 5.41) is 4.10. The first-order chi connectivity index (χ1) is 17.1. The normalized spacial score (nSPS) is 17.2. The van der Waals surface area contributed by atoms with Crippen LogP contribution in [0.2, 0.25) is 0 Å². The van der Waals surface area contributed by atoms with E-state index < -0.39 is 0 Å². The molecule has 0 aliphatic carbocycles. The number of ether oxygens (including phenoxy) is 3. The van der Waals surface area contributed by atoms with E-state index in [0.717, 1.165) is 28.5 Å². The van der Waals surface area contributed by atoms with Gasteiger partial charge in [-0.1, -0.05) is 12.1 Å². The van der Waals surface area contributed by atoms with Gasteiger partial charge in [-0.05, 0) is 60.7 Å². The molecule has 7 nitrogen and oxygen atoms in total. The standard InChI is InChI=1S/C27H26N4O3S/c1-32-19-9-6-8-18(16-19)30-15-7-11-23(30)26-25(21-10-4-5-14-28-21)29-27(35)31(26)22-13-12-20(33-2)17-24(22)34-3/h4-17,25-26H,1-3H3,(H,29,35)/t25-,26-/m0/s1. The Morgan fingerprint density at radius 2 is 1.69 bits per heavy atom. The van der Waals surface area contributed by atoms with Gasteiger partial charge in [-0.3, -0.25) is 4.98 Å². The fraction of sp³-hybridized carbons (Fsp3) is 0.185. The molecule has 2 atom stereocenters. The predicted molar refractivity (Wildman–Crippen MR) is 140 cm³/mol. The zero-order valence-electron chi connectivity index (χ0n) is 19.7. The number of nitrogens with one attached hydrogen (secondary N) is 1. The van der Waals surface area contributed by atoms with E-state index in [-0.39, 0.29) is 12.1 Å². The summed E-state index contributed by atoms with van der Waals surface area (Å²) in [6.07, 6.45) is 3.85.